The molecule has 0 aliphatic heterocycles. The molecule has 0 spiro atoms. The lowest BCUT2D eigenvalue weighted by Gasteiger charge is -2.17. The quantitative estimate of drug-likeness (QED) is 0.679. The molecule has 0 aliphatic rings. The first-order valence-electron chi connectivity index (χ1n) is 5.70. The van der Waals surface area contributed by atoms with Gasteiger partial charge in [-0.25, -0.2) is 6.32 Å². The summed E-state index contributed by atoms with van der Waals surface area (Å²) in [6.45, 7) is 4.32. The Bertz CT molecular complexity index is 460. The SMILES string of the molecule is Cc1ccc(C[B-]c2ccccc2)c(C)c1. The van der Waals surface area contributed by atoms with Gasteiger partial charge in [0.25, 0.3) is 0 Å². The zero-order valence-corrected chi connectivity index (χ0v) is 9.90. The van der Waals surface area contributed by atoms with Gasteiger partial charge in [0, 0.05) is 0 Å². The molecular formula is C15H16B-. The van der Waals surface area contributed by atoms with Gasteiger partial charge >= 0.3 is 0 Å². The van der Waals surface area contributed by atoms with Crippen LogP contribution in [0.1, 0.15) is 16.7 Å². The van der Waals surface area contributed by atoms with Crippen LogP contribution in [0.2, 0.25) is 0 Å². The molecular weight excluding hydrogens is 191 g/mol. The van der Waals surface area contributed by atoms with Gasteiger partial charge in [0.15, 0.2) is 0 Å². The summed E-state index contributed by atoms with van der Waals surface area (Å²) in [5.74, 6) is 0. The highest BCUT2D eigenvalue weighted by atomic mass is 14.0. The molecule has 0 saturated heterocycles. The first kappa shape index (κ1) is 11.0. The molecule has 80 valence electrons. The molecule has 0 nitrogen and oxygen atoms in total. The van der Waals surface area contributed by atoms with Crippen LogP contribution in [0.5, 0.6) is 0 Å². The number of hydrogen-bond acceptors (Lipinski definition) is 0. The van der Waals surface area contributed by atoms with Crippen molar-refractivity contribution in [3.8, 4) is 0 Å². The minimum Gasteiger partial charge on any atom is -0.291 e. The average Bonchev–Trinajstić information content (AvgIpc) is 2.29. The van der Waals surface area contributed by atoms with E-state index in [0.29, 0.717) is 0 Å². The molecule has 0 aliphatic carbocycles. The van der Waals surface area contributed by atoms with E-state index >= 15 is 0 Å². The molecule has 0 atom stereocenters. The van der Waals surface area contributed by atoms with Gasteiger partial charge in [-0.1, -0.05) is 53.1 Å². The first-order chi connectivity index (χ1) is 7.75. The van der Waals surface area contributed by atoms with Gasteiger partial charge in [-0.05, 0) is 13.8 Å². The van der Waals surface area contributed by atoms with Crippen LogP contribution in [-0.4, -0.2) is 7.28 Å². The summed E-state index contributed by atoms with van der Waals surface area (Å²) in [4.78, 5) is 0. The van der Waals surface area contributed by atoms with E-state index < -0.39 is 0 Å². The van der Waals surface area contributed by atoms with Crippen LogP contribution in [0.15, 0.2) is 48.5 Å². The highest BCUT2D eigenvalue weighted by molar-refractivity contribution is 6.52. The van der Waals surface area contributed by atoms with E-state index in [1.165, 1.54) is 22.2 Å². The van der Waals surface area contributed by atoms with Crippen LogP contribution < -0.4 is 5.46 Å². The summed E-state index contributed by atoms with van der Waals surface area (Å²) in [6, 6.07) is 17.1. The molecule has 0 saturated carbocycles. The maximum Gasteiger partial charge on any atom is -0.0396 e. The largest absolute Gasteiger partial charge is 0.291 e. The molecule has 0 aromatic heterocycles. The second kappa shape index (κ2) is 5.02. The highest BCUT2D eigenvalue weighted by Crippen LogP contribution is 2.10. The third-order valence-electron chi connectivity index (χ3n) is 2.86. The molecule has 16 heavy (non-hydrogen) atoms. The number of aryl methyl sites for hydroxylation is 2. The maximum atomic E-state index is 2.28. The fraction of sp³-hybridized carbons (Fsp3) is 0.200. The Balaban J connectivity index is 2.05. The van der Waals surface area contributed by atoms with Crippen LogP contribution in [0, 0.1) is 13.8 Å². The zero-order chi connectivity index (χ0) is 11.4. The zero-order valence-electron chi connectivity index (χ0n) is 9.90. The van der Waals surface area contributed by atoms with E-state index in [4.69, 9.17) is 0 Å². The first-order valence-corrected chi connectivity index (χ1v) is 5.70. The lowest BCUT2D eigenvalue weighted by Crippen LogP contribution is -2.16. The van der Waals surface area contributed by atoms with Crippen molar-refractivity contribution < 1.29 is 0 Å². The average molecular weight is 207 g/mol. The second-order valence-corrected chi connectivity index (χ2v) is 4.25. The van der Waals surface area contributed by atoms with Gasteiger partial charge < -0.3 is 0 Å². The van der Waals surface area contributed by atoms with Crippen molar-refractivity contribution in [2.24, 2.45) is 0 Å². The fourth-order valence-electron chi connectivity index (χ4n) is 1.89. The Morgan fingerprint density at radius 1 is 0.938 bits per heavy atom. The molecule has 0 bridgehead atoms. The van der Waals surface area contributed by atoms with Crippen molar-refractivity contribution in [2.75, 3.05) is 0 Å². The molecule has 0 unspecified atom stereocenters. The fourth-order valence-corrected chi connectivity index (χ4v) is 1.89. The van der Waals surface area contributed by atoms with Gasteiger partial charge in [-0.2, -0.15) is 0 Å². The van der Waals surface area contributed by atoms with Crippen LogP contribution in [-0.2, 0) is 6.32 Å². The van der Waals surface area contributed by atoms with Crippen molar-refractivity contribution in [3.05, 3.63) is 65.2 Å². The van der Waals surface area contributed by atoms with Crippen molar-refractivity contribution in [3.63, 3.8) is 0 Å². The minimum absolute atomic E-state index is 1.01. The van der Waals surface area contributed by atoms with E-state index in [1.807, 2.05) is 0 Å². The van der Waals surface area contributed by atoms with Gasteiger partial charge in [-0.15, -0.1) is 12.1 Å². The van der Waals surface area contributed by atoms with E-state index in [9.17, 15) is 0 Å². The molecule has 0 fully saturated rings. The van der Waals surface area contributed by atoms with Crippen LogP contribution in [0.4, 0.5) is 0 Å². The van der Waals surface area contributed by atoms with Gasteiger partial charge in [-0.3, -0.25) is 12.7 Å². The lowest BCUT2D eigenvalue weighted by atomic mass is 9.65. The van der Waals surface area contributed by atoms with E-state index in [1.54, 1.807) is 0 Å². The predicted octanol–water partition coefficient (Wildman–Crippen LogP) is 2.83. The maximum absolute atomic E-state index is 2.28. The van der Waals surface area contributed by atoms with Crippen molar-refractivity contribution in [2.45, 2.75) is 20.2 Å². The smallest absolute Gasteiger partial charge is 0.0396 e. The number of hydrogen-bond donors (Lipinski definition) is 0. The lowest BCUT2D eigenvalue weighted by molar-refractivity contribution is 1.26. The second-order valence-electron chi connectivity index (χ2n) is 4.25. The van der Waals surface area contributed by atoms with Crippen LogP contribution >= 0.6 is 0 Å². The third kappa shape index (κ3) is 2.76. The van der Waals surface area contributed by atoms with E-state index in [2.05, 4.69) is 69.7 Å². The summed E-state index contributed by atoms with van der Waals surface area (Å²) >= 11 is 0. The van der Waals surface area contributed by atoms with Crippen molar-refractivity contribution >= 4 is 12.7 Å². The normalized spacial score (nSPS) is 10.4. The summed E-state index contributed by atoms with van der Waals surface area (Å²) in [6.07, 6.45) is 1.01. The Kier molecular flexibility index (Phi) is 3.45. The van der Waals surface area contributed by atoms with Gasteiger partial charge in [0.1, 0.15) is 0 Å². The summed E-state index contributed by atoms with van der Waals surface area (Å²) in [5, 5.41) is 0. The molecule has 2 aromatic rings. The third-order valence-corrected chi connectivity index (χ3v) is 2.86. The topological polar surface area (TPSA) is 0 Å². The molecule has 2 aromatic carbocycles. The Labute approximate surface area is 98.6 Å². The van der Waals surface area contributed by atoms with E-state index in [0.717, 1.165) is 6.32 Å². The standard InChI is InChI=1S/C15H16B/c1-12-8-9-14(13(2)10-12)11-16-15-6-4-3-5-7-15/h3-10H,11H2,1-2H3/q-1. The minimum atomic E-state index is 1.01. The molecule has 2 rings (SSSR count). The van der Waals surface area contributed by atoms with Crippen molar-refractivity contribution in [1.29, 1.82) is 0 Å². The predicted molar refractivity (Wildman–Crippen MR) is 71.5 cm³/mol. The van der Waals surface area contributed by atoms with Gasteiger partial charge in [0.05, 0.1) is 0 Å². The molecule has 0 N–H and O–H groups in total. The monoisotopic (exact) mass is 207 g/mol. The highest BCUT2D eigenvalue weighted by Gasteiger charge is 1.92. The Morgan fingerprint density at radius 3 is 2.38 bits per heavy atom. The molecule has 2 radical (unpaired) electrons. The Morgan fingerprint density at radius 2 is 1.69 bits per heavy atom. The van der Waals surface area contributed by atoms with Crippen LogP contribution in [0.3, 0.4) is 0 Å². The summed E-state index contributed by atoms with van der Waals surface area (Å²) in [5.41, 5.74) is 5.42. The number of rotatable bonds is 3. The Hall–Kier alpha value is -1.50. The summed E-state index contributed by atoms with van der Waals surface area (Å²) < 4.78 is 0. The molecule has 0 heterocycles. The molecule has 0 amide bonds. The van der Waals surface area contributed by atoms with Crippen molar-refractivity contribution in [1.82, 2.24) is 0 Å². The number of benzene rings is 2. The summed E-state index contributed by atoms with van der Waals surface area (Å²) in [7, 11) is 2.28. The van der Waals surface area contributed by atoms with Crippen LogP contribution in [0.25, 0.3) is 0 Å². The van der Waals surface area contributed by atoms with E-state index in [-0.39, 0.29) is 0 Å². The van der Waals surface area contributed by atoms with Gasteiger partial charge in [0.2, 0.25) is 0 Å². The molecule has 1 heteroatoms.